The van der Waals surface area contributed by atoms with Crippen LogP contribution in [0, 0.1) is 16.0 Å². The molecule has 0 unspecified atom stereocenters. The van der Waals surface area contributed by atoms with Gasteiger partial charge in [-0.15, -0.1) is 0 Å². The van der Waals surface area contributed by atoms with Gasteiger partial charge in [-0.25, -0.2) is 4.79 Å². The normalized spacial score (nSPS) is 13.4. The number of ether oxygens (including phenoxy) is 2. The number of carbonyl (C=O) groups excluding carboxylic acids is 2. The lowest BCUT2D eigenvalue weighted by Crippen LogP contribution is -2.40. The van der Waals surface area contributed by atoms with Gasteiger partial charge in [-0.1, -0.05) is 6.92 Å². The third kappa shape index (κ3) is 6.00. The van der Waals surface area contributed by atoms with E-state index in [1.54, 1.807) is 13.8 Å². The molecule has 0 heterocycles. The Morgan fingerprint density at radius 2 is 1.56 bits per heavy atom. The van der Waals surface area contributed by atoms with Gasteiger partial charge >= 0.3 is 11.9 Å². The highest BCUT2D eigenvalue weighted by molar-refractivity contribution is 7.86. The zero-order valence-corrected chi connectivity index (χ0v) is 15.9. The minimum Gasteiger partial charge on any atom is -0.466 e. The molecule has 0 aliphatic carbocycles. The summed E-state index contributed by atoms with van der Waals surface area (Å²) in [5, 5.41) is 10.7. The summed E-state index contributed by atoms with van der Waals surface area (Å²) in [5.74, 6) is -3.02. The SMILES string of the molecule is CCOC(=O)[C@@H](CC)[C@@H](OS(=O)(=O)c1ccc([N+](=O)[O-])cc1)C(=O)OCC. The van der Waals surface area contributed by atoms with Crippen LogP contribution in [0.25, 0.3) is 0 Å². The molecule has 10 nitrogen and oxygen atoms in total. The predicted molar refractivity (Wildman–Crippen MR) is 92.2 cm³/mol. The molecule has 1 aromatic rings. The second-order valence-electron chi connectivity index (χ2n) is 5.24. The summed E-state index contributed by atoms with van der Waals surface area (Å²) in [6.45, 7) is 4.65. The van der Waals surface area contributed by atoms with Crippen molar-refractivity contribution >= 4 is 27.7 Å². The average Bonchev–Trinajstić information content (AvgIpc) is 2.62. The third-order valence-corrected chi connectivity index (χ3v) is 4.79. The first-order valence-electron chi connectivity index (χ1n) is 8.18. The molecule has 0 aliphatic rings. The average molecular weight is 403 g/mol. The number of esters is 2. The summed E-state index contributed by atoms with van der Waals surface area (Å²) in [4.78, 5) is 33.9. The second kappa shape index (κ2) is 9.97. The van der Waals surface area contributed by atoms with E-state index in [4.69, 9.17) is 13.7 Å². The second-order valence-corrected chi connectivity index (χ2v) is 6.81. The highest BCUT2D eigenvalue weighted by atomic mass is 32.2. The van der Waals surface area contributed by atoms with E-state index < -0.39 is 43.9 Å². The van der Waals surface area contributed by atoms with Crippen molar-refractivity contribution in [1.29, 1.82) is 0 Å². The lowest BCUT2D eigenvalue weighted by atomic mass is 10.00. The summed E-state index contributed by atoms with van der Waals surface area (Å²) < 4.78 is 39.6. The number of nitrogens with zero attached hydrogens (tertiary/aromatic N) is 1. The number of hydrogen-bond donors (Lipinski definition) is 0. The fourth-order valence-electron chi connectivity index (χ4n) is 2.18. The van der Waals surface area contributed by atoms with E-state index in [1.165, 1.54) is 6.92 Å². The van der Waals surface area contributed by atoms with Crippen LogP contribution in [0.15, 0.2) is 29.2 Å². The quantitative estimate of drug-likeness (QED) is 0.248. The van der Waals surface area contributed by atoms with Gasteiger partial charge in [0.15, 0.2) is 6.10 Å². The molecule has 0 fully saturated rings. The number of carbonyl (C=O) groups is 2. The Hall–Kier alpha value is -2.53. The first-order chi connectivity index (χ1) is 12.7. The number of rotatable bonds is 10. The van der Waals surface area contributed by atoms with Gasteiger partial charge < -0.3 is 9.47 Å². The van der Waals surface area contributed by atoms with Crippen LogP contribution in [-0.2, 0) is 33.4 Å². The Labute approximate surface area is 156 Å². The van der Waals surface area contributed by atoms with Crippen molar-refractivity contribution < 1.29 is 36.6 Å². The topological polar surface area (TPSA) is 139 Å². The van der Waals surface area contributed by atoms with Crippen LogP contribution in [0.4, 0.5) is 5.69 Å². The van der Waals surface area contributed by atoms with Crippen LogP contribution in [0.5, 0.6) is 0 Å². The van der Waals surface area contributed by atoms with E-state index in [0.717, 1.165) is 24.3 Å². The summed E-state index contributed by atoms with van der Waals surface area (Å²) in [6.07, 6.45) is -1.67. The molecule has 0 aliphatic heterocycles. The highest BCUT2D eigenvalue weighted by Crippen LogP contribution is 2.24. The monoisotopic (exact) mass is 403 g/mol. The molecule has 0 N–H and O–H groups in total. The van der Waals surface area contributed by atoms with Crippen LogP contribution in [0.3, 0.4) is 0 Å². The minimum atomic E-state index is -4.50. The molecular weight excluding hydrogens is 382 g/mol. The maximum Gasteiger partial charge on any atom is 0.337 e. The fourth-order valence-corrected chi connectivity index (χ4v) is 3.24. The zero-order valence-electron chi connectivity index (χ0n) is 15.1. The molecule has 0 amide bonds. The van der Waals surface area contributed by atoms with Crippen LogP contribution >= 0.6 is 0 Å². The molecule has 0 saturated heterocycles. The molecular formula is C16H21NO9S. The third-order valence-electron chi connectivity index (χ3n) is 3.48. The largest absolute Gasteiger partial charge is 0.466 e. The van der Waals surface area contributed by atoms with Gasteiger partial charge in [0, 0.05) is 12.1 Å². The molecule has 150 valence electrons. The lowest BCUT2D eigenvalue weighted by molar-refractivity contribution is -0.384. The molecule has 0 radical (unpaired) electrons. The molecule has 0 saturated carbocycles. The standard InChI is InChI=1S/C16H21NO9S/c1-4-13(15(18)24-5-2)14(16(19)25-6-3)26-27(22,23)12-9-7-11(8-10-12)17(20)21/h7-10,13-14H,4-6H2,1-3H3/t13-,14+/m0/s1. The first-order valence-corrected chi connectivity index (χ1v) is 9.59. The van der Waals surface area contributed by atoms with Gasteiger partial charge in [0.05, 0.1) is 29.0 Å². The fraction of sp³-hybridized carbons (Fsp3) is 0.500. The summed E-state index contributed by atoms with van der Waals surface area (Å²) >= 11 is 0. The molecule has 2 atom stereocenters. The Morgan fingerprint density at radius 3 is 2.00 bits per heavy atom. The van der Waals surface area contributed by atoms with Gasteiger partial charge in [-0.2, -0.15) is 8.42 Å². The molecule has 27 heavy (non-hydrogen) atoms. The zero-order chi connectivity index (χ0) is 20.6. The highest BCUT2D eigenvalue weighted by Gasteiger charge is 2.39. The number of non-ortho nitro benzene ring substituents is 1. The van der Waals surface area contributed by atoms with Crippen molar-refractivity contribution in [3.05, 3.63) is 34.4 Å². The molecule has 1 rings (SSSR count). The molecule has 11 heteroatoms. The summed E-state index contributed by atoms with van der Waals surface area (Å²) in [5.41, 5.74) is -0.311. The van der Waals surface area contributed by atoms with E-state index in [-0.39, 0.29) is 25.3 Å². The van der Waals surface area contributed by atoms with Gasteiger partial charge in [0.2, 0.25) is 0 Å². The van der Waals surface area contributed by atoms with Crippen LogP contribution in [-0.4, -0.2) is 44.6 Å². The molecule has 1 aromatic carbocycles. The van der Waals surface area contributed by atoms with Crippen molar-refractivity contribution in [3.8, 4) is 0 Å². The van der Waals surface area contributed by atoms with Crippen LogP contribution < -0.4 is 0 Å². The Balaban J connectivity index is 3.20. The van der Waals surface area contributed by atoms with E-state index in [1.807, 2.05) is 0 Å². The van der Waals surface area contributed by atoms with Gasteiger partial charge in [0.25, 0.3) is 15.8 Å². The minimum absolute atomic E-state index is 0.0416. The van der Waals surface area contributed by atoms with Crippen molar-refractivity contribution in [2.24, 2.45) is 5.92 Å². The number of nitro groups is 1. The molecule has 0 bridgehead atoms. The van der Waals surface area contributed by atoms with E-state index in [9.17, 15) is 28.1 Å². The first kappa shape index (κ1) is 22.5. The van der Waals surface area contributed by atoms with Crippen molar-refractivity contribution in [2.45, 2.75) is 38.2 Å². The van der Waals surface area contributed by atoms with Crippen molar-refractivity contribution in [1.82, 2.24) is 0 Å². The van der Waals surface area contributed by atoms with E-state index in [0.29, 0.717) is 0 Å². The van der Waals surface area contributed by atoms with Crippen LogP contribution in [0.1, 0.15) is 27.2 Å². The Kier molecular flexibility index (Phi) is 8.32. The summed E-state index contributed by atoms with van der Waals surface area (Å²) in [6, 6.07) is 3.92. The number of benzene rings is 1. The van der Waals surface area contributed by atoms with Crippen LogP contribution in [0.2, 0.25) is 0 Å². The van der Waals surface area contributed by atoms with Gasteiger partial charge in [0.1, 0.15) is 0 Å². The molecule has 0 spiro atoms. The van der Waals surface area contributed by atoms with Gasteiger partial charge in [-0.05, 0) is 32.4 Å². The maximum atomic E-state index is 12.5. The number of hydrogen-bond acceptors (Lipinski definition) is 9. The lowest BCUT2D eigenvalue weighted by Gasteiger charge is -2.22. The summed E-state index contributed by atoms with van der Waals surface area (Å²) in [7, 11) is -4.50. The van der Waals surface area contributed by atoms with E-state index in [2.05, 4.69) is 0 Å². The predicted octanol–water partition coefficient (Wildman–Crippen LogP) is 1.82. The molecule has 0 aromatic heterocycles. The Morgan fingerprint density at radius 1 is 1.04 bits per heavy atom. The van der Waals surface area contributed by atoms with Crippen molar-refractivity contribution in [2.75, 3.05) is 13.2 Å². The van der Waals surface area contributed by atoms with Gasteiger partial charge in [-0.3, -0.25) is 19.1 Å². The smallest absolute Gasteiger partial charge is 0.337 e. The van der Waals surface area contributed by atoms with E-state index >= 15 is 0 Å². The van der Waals surface area contributed by atoms with Crippen molar-refractivity contribution in [3.63, 3.8) is 0 Å². The number of nitro benzene ring substituents is 1. The Bertz CT molecular complexity index is 774. The maximum absolute atomic E-state index is 12.5.